The van der Waals surface area contributed by atoms with Crippen molar-refractivity contribution in [3.8, 4) is 0 Å². The number of aryl methyl sites for hydroxylation is 1. The lowest BCUT2D eigenvalue weighted by Crippen LogP contribution is -1.86. The lowest BCUT2D eigenvalue weighted by atomic mass is 10.1. The van der Waals surface area contributed by atoms with E-state index >= 15 is 0 Å². The first-order chi connectivity index (χ1) is 5.84. The van der Waals surface area contributed by atoms with Gasteiger partial charge in [-0.3, -0.25) is 4.79 Å². The van der Waals surface area contributed by atoms with Crippen LogP contribution in [0.15, 0.2) is 10.9 Å². The summed E-state index contributed by atoms with van der Waals surface area (Å²) in [5, 5.41) is 8.50. The Morgan fingerprint density at radius 3 is 2.25 bits per heavy atom. The molecule has 0 saturated heterocycles. The Bertz CT molecular complexity index is 221. The zero-order valence-corrected chi connectivity index (χ0v) is 7.38. The van der Waals surface area contributed by atoms with Gasteiger partial charge in [-0.15, -0.1) is 0 Å². The van der Waals surface area contributed by atoms with Crippen LogP contribution in [0.4, 0.5) is 0 Å². The minimum Gasteiger partial charge on any atom is -0.396 e. The normalized spacial score (nSPS) is 11.1. The van der Waals surface area contributed by atoms with E-state index in [1.165, 1.54) is 12.8 Å². The van der Waals surface area contributed by atoms with Gasteiger partial charge >= 0.3 is 0 Å². The summed E-state index contributed by atoms with van der Waals surface area (Å²) in [4.78, 5) is 10.5. The van der Waals surface area contributed by atoms with Crippen molar-refractivity contribution in [3.05, 3.63) is 21.9 Å². The van der Waals surface area contributed by atoms with Crippen molar-refractivity contribution in [1.82, 2.24) is 0 Å². The maximum atomic E-state index is 10.5. The molecule has 0 unspecified atom stereocenters. The van der Waals surface area contributed by atoms with Crippen LogP contribution in [0.5, 0.6) is 0 Å². The minimum absolute atomic E-state index is 0.255. The highest BCUT2D eigenvalue weighted by atomic mass is 16.2. The minimum atomic E-state index is 0.255. The van der Waals surface area contributed by atoms with Gasteiger partial charge < -0.3 is 5.11 Å². The van der Waals surface area contributed by atoms with Crippen LogP contribution in [-0.4, -0.2) is 11.7 Å². The van der Waals surface area contributed by atoms with Crippen LogP contribution in [-0.2, 0) is 6.42 Å². The van der Waals surface area contributed by atoms with Gasteiger partial charge in [0, 0.05) is 12.2 Å². The Hall–Kier alpha value is -0.630. The van der Waals surface area contributed by atoms with Crippen LogP contribution in [0.3, 0.4) is 0 Å². The summed E-state index contributed by atoms with van der Waals surface area (Å²) < 4.78 is 0. The molecular formula is C10H16O2. The molecule has 12 heavy (non-hydrogen) atoms. The Balaban J connectivity index is 1.81. The molecule has 0 aromatic heterocycles. The van der Waals surface area contributed by atoms with E-state index in [1.54, 1.807) is 6.07 Å². The average Bonchev–Trinajstić information content (AvgIpc) is 2.74. The van der Waals surface area contributed by atoms with E-state index in [4.69, 9.17) is 5.11 Å². The second kappa shape index (κ2) is 5.09. The second-order valence-corrected chi connectivity index (χ2v) is 3.28. The fraction of sp³-hybridized carbons (Fsp3) is 0.700. The lowest BCUT2D eigenvalue weighted by Gasteiger charge is -1.96. The first kappa shape index (κ1) is 9.46. The molecule has 1 aromatic rings. The molecule has 0 bridgehead atoms. The Kier molecular flexibility index (Phi) is 4.01. The van der Waals surface area contributed by atoms with Crippen molar-refractivity contribution >= 4 is 0 Å². The van der Waals surface area contributed by atoms with Crippen LogP contribution in [0.25, 0.3) is 0 Å². The zero-order chi connectivity index (χ0) is 8.81. The van der Waals surface area contributed by atoms with Crippen LogP contribution in [0.2, 0.25) is 0 Å². The molecule has 0 spiro atoms. The summed E-state index contributed by atoms with van der Waals surface area (Å²) in [6.45, 7) is 0.309. The first-order valence-electron chi connectivity index (χ1n) is 4.70. The standard InChI is InChI=1S/C10H16O2/c11-7-5-3-1-2-4-6-9-8-10(9)12/h8,11H,1-7H2. The van der Waals surface area contributed by atoms with E-state index in [1.807, 2.05) is 0 Å². The Morgan fingerprint density at radius 1 is 1.08 bits per heavy atom. The van der Waals surface area contributed by atoms with Crippen molar-refractivity contribution in [3.63, 3.8) is 0 Å². The fourth-order valence-electron chi connectivity index (χ4n) is 1.28. The van der Waals surface area contributed by atoms with Gasteiger partial charge in [0.05, 0.1) is 0 Å². The number of rotatable bonds is 7. The highest BCUT2D eigenvalue weighted by Gasteiger charge is 2.05. The third-order valence-electron chi connectivity index (χ3n) is 2.14. The van der Waals surface area contributed by atoms with E-state index < -0.39 is 0 Å². The Morgan fingerprint density at radius 2 is 1.67 bits per heavy atom. The van der Waals surface area contributed by atoms with Gasteiger partial charge in [0.2, 0.25) is 0 Å². The van der Waals surface area contributed by atoms with E-state index in [2.05, 4.69) is 0 Å². The zero-order valence-electron chi connectivity index (χ0n) is 7.38. The molecule has 1 rings (SSSR count). The molecule has 0 saturated carbocycles. The Labute approximate surface area is 72.9 Å². The van der Waals surface area contributed by atoms with Gasteiger partial charge in [-0.2, -0.15) is 0 Å². The topological polar surface area (TPSA) is 37.3 Å². The van der Waals surface area contributed by atoms with Gasteiger partial charge in [-0.25, -0.2) is 0 Å². The third-order valence-corrected chi connectivity index (χ3v) is 2.14. The smallest absolute Gasteiger partial charge is 0.182 e. The highest BCUT2D eigenvalue weighted by molar-refractivity contribution is 5.22. The molecule has 0 atom stereocenters. The van der Waals surface area contributed by atoms with E-state index in [0.717, 1.165) is 31.2 Å². The SMILES string of the molecule is O=c1cc1CCCCCCCO. The molecule has 0 radical (unpaired) electrons. The molecule has 0 aliphatic heterocycles. The summed E-state index contributed by atoms with van der Waals surface area (Å²) in [6.07, 6.45) is 6.50. The number of hydrogen-bond acceptors (Lipinski definition) is 2. The predicted octanol–water partition coefficient (Wildman–Crippen LogP) is 1.41. The van der Waals surface area contributed by atoms with Crippen molar-refractivity contribution in [2.24, 2.45) is 0 Å². The van der Waals surface area contributed by atoms with Gasteiger partial charge in [0.1, 0.15) is 0 Å². The highest BCUT2D eigenvalue weighted by Crippen LogP contribution is 2.07. The number of hydrogen-bond donors (Lipinski definition) is 1. The number of aliphatic hydroxyl groups excluding tert-OH is 1. The monoisotopic (exact) mass is 168 g/mol. The lowest BCUT2D eigenvalue weighted by molar-refractivity contribution is 0.282. The van der Waals surface area contributed by atoms with E-state index in [-0.39, 0.29) is 5.43 Å². The maximum absolute atomic E-state index is 10.5. The van der Waals surface area contributed by atoms with Crippen LogP contribution >= 0.6 is 0 Å². The quantitative estimate of drug-likeness (QED) is 0.625. The average molecular weight is 168 g/mol. The van der Waals surface area contributed by atoms with Gasteiger partial charge in [-0.05, 0) is 25.3 Å². The summed E-state index contributed by atoms with van der Waals surface area (Å²) in [7, 11) is 0. The molecule has 0 heterocycles. The van der Waals surface area contributed by atoms with E-state index in [9.17, 15) is 4.79 Å². The first-order valence-corrected chi connectivity index (χ1v) is 4.70. The van der Waals surface area contributed by atoms with Crippen molar-refractivity contribution in [2.75, 3.05) is 6.61 Å². The number of unbranched alkanes of at least 4 members (excludes halogenated alkanes) is 4. The number of aliphatic hydroxyl groups is 1. The van der Waals surface area contributed by atoms with Crippen LogP contribution < -0.4 is 5.43 Å². The molecular weight excluding hydrogens is 152 g/mol. The largest absolute Gasteiger partial charge is 0.396 e. The second-order valence-electron chi connectivity index (χ2n) is 3.28. The summed E-state index contributed by atoms with van der Waals surface area (Å²) in [6, 6.07) is 1.72. The van der Waals surface area contributed by atoms with Crippen LogP contribution in [0, 0.1) is 0 Å². The summed E-state index contributed by atoms with van der Waals surface area (Å²) in [5.41, 5.74) is 1.28. The maximum Gasteiger partial charge on any atom is 0.182 e. The summed E-state index contributed by atoms with van der Waals surface area (Å²) >= 11 is 0. The van der Waals surface area contributed by atoms with Gasteiger partial charge in [-0.1, -0.05) is 19.3 Å². The third kappa shape index (κ3) is 3.67. The fourth-order valence-corrected chi connectivity index (χ4v) is 1.28. The van der Waals surface area contributed by atoms with Crippen molar-refractivity contribution < 1.29 is 5.11 Å². The molecule has 0 amide bonds. The molecule has 0 aliphatic carbocycles. The summed E-state index contributed by atoms with van der Waals surface area (Å²) in [5.74, 6) is 0. The molecule has 1 N–H and O–H groups in total. The van der Waals surface area contributed by atoms with E-state index in [0.29, 0.717) is 6.61 Å². The van der Waals surface area contributed by atoms with Crippen molar-refractivity contribution in [1.29, 1.82) is 0 Å². The van der Waals surface area contributed by atoms with Gasteiger partial charge in [0.15, 0.2) is 5.43 Å². The molecule has 2 nitrogen and oxygen atoms in total. The predicted molar refractivity (Wildman–Crippen MR) is 49.0 cm³/mol. The van der Waals surface area contributed by atoms with Crippen molar-refractivity contribution in [2.45, 2.75) is 38.5 Å². The molecule has 68 valence electrons. The molecule has 2 heteroatoms. The van der Waals surface area contributed by atoms with Gasteiger partial charge in [0.25, 0.3) is 0 Å². The molecule has 0 aliphatic rings. The molecule has 1 aromatic carbocycles. The molecule has 0 fully saturated rings. The van der Waals surface area contributed by atoms with Crippen LogP contribution in [0.1, 0.15) is 37.7 Å².